The quantitative estimate of drug-likeness (QED) is 0.399. The molecule has 2 aromatic rings. The van der Waals surface area contributed by atoms with Crippen molar-refractivity contribution in [1.82, 2.24) is 0 Å². The van der Waals surface area contributed by atoms with Gasteiger partial charge in [0.05, 0.1) is 0 Å². The minimum absolute atomic E-state index is 0.586. The molecule has 28 heavy (non-hydrogen) atoms. The third kappa shape index (κ3) is 0.227. The van der Waals surface area contributed by atoms with Gasteiger partial charge in [-0.1, -0.05) is 60.7 Å². The fourth-order valence-electron chi connectivity index (χ4n) is 18.8. The Morgan fingerprint density at radius 2 is 1.32 bits per heavy atom. The Bertz CT molecular complexity index is 1550. The molecular formula is C24H26FeOP2. The van der Waals surface area contributed by atoms with Crippen molar-refractivity contribution in [1.29, 1.82) is 0 Å². The van der Waals surface area contributed by atoms with Gasteiger partial charge in [-0.05, 0) is 11.1 Å². The summed E-state index contributed by atoms with van der Waals surface area (Å²) in [6.07, 6.45) is 0. The molecule has 0 radical (unpaired) electrons. The van der Waals surface area contributed by atoms with Crippen molar-refractivity contribution >= 4 is 18.5 Å². The molecule has 0 amide bonds. The van der Waals surface area contributed by atoms with Gasteiger partial charge >= 0.3 is 89.6 Å². The second kappa shape index (κ2) is 1.72. The summed E-state index contributed by atoms with van der Waals surface area (Å²) >= 11 is 0. The molecule has 4 heteroatoms. The summed E-state index contributed by atoms with van der Waals surface area (Å²) in [6.45, 7) is 0.0719. The maximum Gasteiger partial charge on any atom is -0.0184 e. The van der Waals surface area contributed by atoms with E-state index < -0.39 is 6.51 Å². The van der Waals surface area contributed by atoms with Crippen molar-refractivity contribution in [3.63, 3.8) is 0 Å². The van der Waals surface area contributed by atoms with Crippen LogP contribution in [0.3, 0.4) is 0 Å². The van der Waals surface area contributed by atoms with Crippen LogP contribution in [0.1, 0.15) is 6.92 Å². The van der Waals surface area contributed by atoms with E-state index in [4.69, 9.17) is 4.74 Å². The van der Waals surface area contributed by atoms with Crippen LogP contribution in [0.25, 0.3) is 11.1 Å². The Morgan fingerprint density at radius 1 is 0.786 bits per heavy atom. The Morgan fingerprint density at radius 3 is 1.57 bits per heavy atom. The van der Waals surface area contributed by atoms with E-state index in [1.807, 2.05) is 12.1 Å². The average Bonchev–Trinajstić information content (AvgIpc) is 3.70. The van der Waals surface area contributed by atoms with Gasteiger partial charge in [0.2, 0.25) is 0 Å². The first-order valence-electron chi connectivity index (χ1n) is 10.9. The van der Waals surface area contributed by atoms with Crippen LogP contribution in [-0.4, -0.2) is 19.2 Å². The van der Waals surface area contributed by atoms with E-state index in [1.54, 1.807) is 0 Å². The van der Waals surface area contributed by atoms with Gasteiger partial charge in [-0.25, -0.2) is 0 Å². The normalized spacial score (nSPS) is 81.5. The van der Waals surface area contributed by atoms with Crippen LogP contribution in [0, 0.1) is 0 Å². The van der Waals surface area contributed by atoms with Gasteiger partial charge in [0.15, 0.2) is 0 Å². The Kier molecular flexibility index (Phi) is 0.856. The maximum atomic E-state index is 6.65. The summed E-state index contributed by atoms with van der Waals surface area (Å²) < 4.78 is 8.90. The fraction of sp³-hybridized carbons (Fsp3) is 0.500. The molecule has 12 rings (SSSR count). The van der Waals surface area contributed by atoms with Crippen LogP contribution >= 0.6 is 18.5 Å². The first kappa shape index (κ1) is 14.0. The van der Waals surface area contributed by atoms with Gasteiger partial charge in [-0.2, -0.15) is 0 Å². The van der Waals surface area contributed by atoms with E-state index in [9.17, 15) is 0 Å². The number of hydrogen-bond acceptors (Lipinski definition) is 1. The minimum atomic E-state index is -3.17. The van der Waals surface area contributed by atoms with Crippen molar-refractivity contribution in [2.75, 3.05) is 6.61 Å². The Hall–Kier alpha value is -0.221. The predicted octanol–water partition coefficient (Wildman–Crippen LogP) is 6.24. The molecule has 1 spiro atoms. The molecule has 10 aliphatic heterocycles. The first-order chi connectivity index (χ1) is 13.4. The number of hydrogen-bond donors (Lipinski definition) is 0. The molecule has 11 atom stereocenters. The van der Waals surface area contributed by atoms with Crippen molar-refractivity contribution < 1.29 is 11.2 Å². The minimum Gasteiger partial charge on any atom is -0.0622 e. The molecule has 0 N–H and O–H groups in total. The van der Waals surface area contributed by atoms with Gasteiger partial charge in [0.25, 0.3) is 0 Å². The fourth-order valence-corrected chi connectivity index (χ4v) is 113. The molecule has 1 nitrogen and oxygen atoms in total. The first-order valence-corrected chi connectivity index (χ1v) is 18.2. The number of ether oxygens (including phenoxy) is 1. The van der Waals surface area contributed by atoms with Crippen molar-refractivity contribution in [2.24, 2.45) is 0 Å². The molecule has 10 fully saturated rings. The molecule has 0 aliphatic carbocycles. The van der Waals surface area contributed by atoms with Crippen LogP contribution in [0.4, 0.5) is 0 Å². The van der Waals surface area contributed by atoms with Crippen LogP contribution in [0.5, 0.6) is 0 Å². The molecule has 146 valence electrons. The van der Waals surface area contributed by atoms with Gasteiger partial charge in [0.1, 0.15) is 0 Å². The maximum absolute atomic E-state index is 6.65. The Balaban J connectivity index is 0.0000000917. The number of fused-ring (bicyclic) bond motifs is 10. The summed E-state index contributed by atoms with van der Waals surface area (Å²) in [5.74, 6) is 0. The predicted molar refractivity (Wildman–Crippen MR) is 117 cm³/mol. The van der Waals surface area contributed by atoms with Gasteiger partial charge in [-0.15, -0.1) is 0 Å². The van der Waals surface area contributed by atoms with Crippen LogP contribution in [-0.2, 0) is 11.2 Å². The molecule has 2 aromatic carbocycles. The standard InChI is InChI=1S/C12H10.C7H10OP.C5H6P.Fe/c1-3-7-11(8-4-1)12-9-5-2-6-10-12;1-2-8-6-4-3-5-7(6)9;6-5-3-1-2-4-5;/h1-10H;3-5H,2,9H2,1H3;1-4H,6H2;. The number of rotatable bonds is 3. The monoisotopic (exact) mass is 448 g/mol. The average molecular weight is 448 g/mol. The van der Waals surface area contributed by atoms with Crippen molar-refractivity contribution in [2.45, 2.75) is 53.2 Å². The zero-order chi connectivity index (χ0) is 18.5. The molecular weight excluding hydrogens is 422 g/mol. The van der Waals surface area contributed by atoms with Gasteiger partial charge in [0, 0.05) is 0 Å². The van der Waals surface area contributed by atoms with Crippen LogP contribution < -0.4 is 0 Å². The summed E-state index contributed by atoms with van der Waals surface area (Å²) in [6, 6.07) is 20.8. The van der Waals surface area contributed by atoms with Crippen LogP contribution in [0.2, 0.25) is 33.7 Å². The topological polar surface area (TPSA) is 9.23 Å². The third-order valence-electron chi connectivity index (χ3n) is 17.3. The molecule has 10 heterocycles. The summed E-state index contributed by atoms with van der Waals surface area (Å²) in [7, 11) is 6.96. The van der Waals surface area contributed by atoms with E-state index >= 15 is 0 Å². The zero-order valence-corrected chi connectivity index (χ0v) is 19.4. The Labute approximate surface area is 161 Å². The molecule has 11 unspecified atom stereocenters. The smallest absolute Gasteiger partial charge is 0.0184 e. The van der Waals surface area contributed by atoms with E-state index in [0.717, 1.165) is 14.7 Å². The largest absolute Gasteiger partial charge is 0.0622 e. The van der Waals surface area contributed by atoms with E-state index in [0.29, 0.717) is 4.50 Å². The second-order valence-corrected chi connectivity index (χ2v) is 38.9. The van der Waals surface area contributed by atoms with Crippen molar-refractivity contribution in [3.05, 3.63) is 60.7 Å². The van der Waals surface area contributed by atoms with E-state index in [1.165, 1.54) is 44.8 Å². The van der Waals surface area contributed by atoms with Crippen LogP contribution in [0.15, 0.2) is 60.7 Å². The SMILES string of the molecule is CCO[C]12[CH]3[CH]4[CH]5[C]1(P)[Fe]45321678[CH]2[CH]1[CH]6[C]7(P)[CH]28.c1ccc(-c2ccccc2)cc1. The van der Waals surface area contributed by atoms with Gasteiger partial charge < -0.3 is 0 Å². The summed E-state index contributed by atoms with van der Waals surface area (Å²) in [5, 5.41) is 0. The summed E-state index contributed by atoms with van der Waals surface area (Å²) in [5.41, 5.74) is 2.55. The van der Waals surface area contributed by atoms with Gasteiger partial charge in [-0.3, -0.25) is 0 Å². The van der Waals surface area contributed by atoms with E-state index in [-0.39, 0.29) is 0 Å². The second-order valence-electron chi connectivity index (χ2n) is 13.1. The summed E-state index contributed by atoms with van der Waals surface area (Å²) in [4.78, 5) is 9.12. The molecule has 0 aromatic heterocycles. The van der Waals surface area contributed by atoms with E-state index in [2.05, 4.69) is 73.9 Å². The number of benzene rings is 2. The van der Waals surface area contributed by atoms with Crippen molar-refractivity contribution in [3.8, 4) is 11.1 Å². The molecule has 10 saturated heterocycles. The third-order valence-corrected chi connectivity index (χ3v) is 71.2. The molecule has 0 bridgehead atoms. The molecule has 0 saturated carbocycles. The zero-order valence-electron chi connectivity index (χ0n) is 15.9. The molecule has 10 aliphatic rings.